The standard InChI is InChI=1S/C15H23N7S2/c1-3-12-19-15(24-20-12)22-9-7-21(8-10-22)14(16-2)18-5-4-13-17-6-11-23-13/h6,11H,3-5,7-10H2,1-2H3,(H,16,18). The van der Waals surface area contributed by atoms with Crippen molar-refractivity contribution in [3.05, 3.63) is 22.4 Å². The number of piperazine rings is 1. The van der Waals surface area contributed by atoms with Crippen molar-refractivity contribution >= 4 is 34.0 Å². The van der Waals surface area contributed by atoms with E-state index in [1.165, 1.54) is 11.5 Å². The second kappa shape index (κ2) is 8.39. The van der Waals surface area contributed by atoms with Gasteiger partial charge in [0.25, 0.3) is 0 Å². The number of thiazole rings is 1. The molecule has 3 rings (SSSR count). The first kappa shape index (κ1) is 17.1. The quantitative estimate of drug-likeness (QED) is 0.640. The van der Waals surface area contributed by atoms with Crippen molar-refractivity contribution < 1.29 is 0 Å². The molecule has 0 spiro atoms. The highest BCUT2D eigenvalue weighted by Crippen LogP contribution is 2.19. The SMILES string of the molecule is CCc1nsc(N2CCN(C(=NC)NCCc3nccs3)CC2)n1. The summed E-state index contributed by atoms with van der Waals surface area (Å²) in [6.45, 7) is 6.73. The topological polar surface area (TPSA) is 69.5 Å². The highest BCUT2D eigenvalue weighted by molar-refractivity contribution is 7.09. The number of hydrogen-bond acceptors (Lipinski definition) is 7. The predicted octanol–water partition coefficient (Wildman–Crippen LogP) is 1.50. The van der Waals surface area contributed by atoms with Gasteiger partial charge in [-0.1, -0.05) is 6.92 Å². The van der Waals surface area contributed by atoms with E-state index in [2.05, 4.69) is 41.4 Å². The van der Waals surface area contributed by atoms with Crippen LogP contribution in [-0.2, 0) is 12.8 Å². The molecule has 0 radical (unpaired) electrons. The minimum absolute atomic E-state index is 0.858. The van der Waals surface area contributed by atoms with E-state index in [1.807, 2.05) is 18.6 Å². The average Bonchev–Trinajstić information content (AvgIpc) is 3.30. The maximum absolute atomic E-state index is 4.58. The van der Waals surface area contributed by atoms with Crippen molar-refractivity contribution in [2.45, 2.75) is 19.8 Å². The van der Waals surface area contributed by atoms with Crippen LogP contribution in [0.4, 0.5) is 5.13 Å². The van der Waals surface area contributed by atoms with E-state index in [0.717, 1.165) is 67.5 Å². The summed E-state index contributed by atoms with van der Waals surface area (Å²) in [5.41, 5.74) is 0. The summed E-state index contributed by atoms with van der Waals surface area (Å²) in [4.78, 5) is 17.9. The molecule has 24 heavy (non-hydrogen) atoms. The zero-order valence-corrected chi connectivity index (χ0v) is 15.7. The van der Waals surface area contributed by atoms with E-state index >= 15 is 0 Å². The zero-order valence-electron chi connectivity index (χ0n) is 14.1. The summed E-state index contributed by atoms with van der Waals surface area (Å²) >= 11 is 3.20. The molecular weight excluding hydrogens is 342 g/mol. The predicted molar refractivity (Wildman–Crippen MR) is 100 cm³/mol. The summed E-state index contributed by atoms with van der Waals surface area (Å²) < 4.78 is 4.38. The van der Waals surface area contributed by atoms with Crippen LogP contribution in [-0.4, -0.2) is 65.0 Å². The second-order valence-corrected chi connectivity index (χ2v) is 7.18. The molecule has 1 aliphatic heterocycles. The third kappa shape index (κ3) is 4.21. The summed E-state index contributed by atoms with van der Waals surface area (Å²) in [5.74, 6) is 1.91. The first-order chi connectivity index (χ1) is 11.8. The number of hydrogen-bond donors (Lipinski definition) is 1. The van der Waals surface area contributed by atoms with E-state index in [9.17, 15) is 0 Å². The number of rotatable bonds is 5. The maximum atomic E-state index is 4.58. The summed E-state index contributed by atoms with van der Waals surface area (Å²) in [6, 6.07) is 0. The molecular formula is C15H23N7S2. The molecule has 1 aliphatic rings. The number of guanidine groups is 1. The van der Waals surface area contributed by atoms with E-state index in [1.54, 1.807) is 11.3 Å². The number of aromatic nitrogens is 3. The Balaban J connectivity index is 1.47. The molecule has 0 aliphatic carbocycles. The largest absolute Gasteiger partial charge is 0.356 e. The highest BCUT2D eigenvalue weighted by atomic mass is 32.1. The van der Waals surface area contributed by atoms with Gasteiger partial charge in [-0.25, -0.2) is 9.97 Å². The monoisotopic (exact) mass is 365 g/mol. The molecule has 2 aromatic rings. The number of anilines is 1. The van der Waals surface area contributed by atoms with Crippen LogP contribution >= 0.6 is 22.9 Å². The lowest BCUT2D eigenvalue weighted by atomic mass is 10.3. The Morgan fingerprint density at radius 3 is 2.79 bits per heavy atom. The van der Waals surface area contributed by atoms with Crippen molar-refractivity contribution in [3.8, 4) is 0 Å². The van der Waals surface area contributed by atoms with Crippen molar-refractivity contribution in [1.29, 1.82) is 0 Å². The Hall–Kier alpha value is -1.74. The average molecular weight is 366 g/mol. The fourth-order valence-electron chi connectivity index (χ4n) is 2.62. The molecule has 0 atom stereocenters. The zero-order chi connectivity index (χ0) is 16.8. The Kier molecular flexibility index (Phi) is 5.97. The van der Waals surface area contributed by atoms with Crippen LogP contribution in [0.1, 0.15) is 17.8 Å². The van der Waals surface area contributed by atoms with Crippen LogP contribution in [0, 0.1) is 0 Å². The molecule has 9 heteroatoms. The first-order valence-electron chi connectivity index (χ1n) is 8.21. The van der Waals surface area contributed by atoms with Crippen molar-refractivity contribution in [2.24, 2.45) is 4.99 Å². The van der Waals surface area contributed by atoms with Gasteiger partial charge in [0.1, 0.15) is 5.82 Å². The van der Waals surface area contributed by atoms with Gasteiger partial charge in [0.15, 0.2) is 5.96 Å². The second-order valence-electron chi connectivity index (χ2n) is 5.47. The van der Waals surface area contributed by atoms with Crippen LogP contribution in [0.15, 0.2) is 16.6 Å². The molecule has 3 heterocycles. The van der Waals surface area contributed by atoms with Crippen LogP contribution < -0.4 is 10.2 Å². The maximum Gasteiger partial charge on any atom is 0.205 e. The molecule has 1 N–H and O–H groups in total. The fourth-order valence-corrected chi connectivity index (χ4v) is 4.04. The fraction of sp³-hybridized carbons (Fsp3) is 0.600. The lowest BCUT2D eigenvalue weighted by Crippen LogP contribution is -2.52. The molecule has 1 fully saturated rings. The van der Waals surface area contributed by atoms with Crippen LogP contribution in [0.3, 0.4) is 0 Å². The lowest BCUT2D eigenvalue weighted by molar-refractivity contribution is 0.372. The number of nitrogens with one attached hydrogen (secondary N) is 1. The Bertz CT molecular complexity index is 645. The molecule has 0 amide bonds. The third-order valence-corrected chi connectivity index (χ3v) is 5.59. The minimum Gasteiger partial charge on any atom is -0.356 e. The first-order valence-corrected chi connectivity index (χ1v) is 9.87. The summed E-state index contributed by atoms with van der Waals surface area (Å²) in [5, 5.41) is 7.66. The molecule has 0 unspecified atom stereocenters. The molecule has 0 saturated carbocycles. The van der Waals surface area contributed by atoms with E-state index in [-0.39, 0.29) is 0 Å². The summed E-state index contributed by atoms with van der Waals surface area (Å²) in [6.07, 6.45) is 3.68. The Morgan fingerprint density at radius 1 is 1.33 bits per heavy atom. The Morgan fingerprint density at radius 2 is 2.17 bits per heavy atom. The van der Waals surface area contributed by atoms with Gasteiger partial charge in [-0.05, 0) is 0 Å². The van der Waals surface area contributed by atoms with Gasteiger partial charge in [0.05, 0.1) is 5.01 Å². The van der Waals surface area contributed by atoms with Gasteiger partial charge < -0.3 is 15.1 Å². The van der Waals surface area contributed by atoms with Gasteiger partial charge in [0.2, 0.25) is 5.13 Å². The molecule has 130 valence electrons. The number of nitrogens with zero attached hydrogens (tertiary/aromatic N) is 6. The van der Waals surface area contributed by atoms with Gasteiger partial charge in [-0.2, -0.15) is 4.37 Å². The van der Waals surface area contributed by atoms with Gasteiger partial charge in [0, 0.05) is 75.7 Å². The third-order valence-electron chi connectivity index (χ3n) is 3.94. The van der Waals surface area contributed by atoms with Crippen LogP contribution in [0.25, 0.3) is 0 Å². The minimum atomic E-state index is 0.858. The number of aryl methyl sites for hydroxylation is 1. The van der Waals surface area contributed by atoms with Gasteiger partial charge >= 0.3 is 0 Å². The van der Waals surface area contributed by atoms with Gasteiger partial charge in [-0.3, -0.25) is 4.99 Å². The van der Waals surface area contributed by atoms with Crippen LogP contribution in [0.2, 0.25) is 0 Å². The molecule has 0 bridgehead atoms. The molecule has 1 saturated heterocycles. The smallest absolute Gasteiger partial charge is 0.205 e. The van der Waals surface area contributed by atoms with Crippen molar-refractivity contribution in [1.82, 2.24) is 24.6 Å². The van der Waals surface area contributed by atoms with E-state index in [0.29, 0.717) is 0 Å². The van der Waals surface area contributed by atoms with E-state index in [4.69, 9.17) is 0 Å². The molecule has 7 nitrogen and oxygen atoms in total. The summed E-state index contributed by atoms with van der Waals surface area (Å²) in [7, 11) is 1.84. The Labute approximate surface area is 150 Å². The van der Waals surface area contributed by atoms with E-state index < -0.39 is 0 Å². The van der Waals surface area contributed by atoms with Gasteiger partial charge in [-0.15, -0.1) is 11.3 Å². The van der Waals surface area contributed by atoms with Crippen LogP contribution in [0.5, 0.6) is 0 Å². The lowest BCUT2D eigenvalue weighted by Gasteiger charge is -2.36. The normalized spacial score (nSPS) is 15.8. The van der Waals surface area contributed by atoms with Crippen molar-refractivity contribution in [3.63, 3.8) is 0 Å². The van der Waals surface area contributed by atoms with Crippen molar-refractivity contribution in [2.75, 3.05) is 44.7 Å². The molecule has 2 aromatic heterocycles. The number of aliphatic imine (C=N–C) groups is 1. The highest BCUT2D eigenvalue weighted by Gasteiger charge is 2.21. The molecule has 0 aromatic carbocycles.